The predicted octanol–water partition coefficient (Wildman–Crippen LogP) is 4.73. The Morgan fingerprint density at radius 1 is 1.22 bits per heavy atom. The van der Waals surface area contributed by atoms with Crippen LogP contribution in [0.25, 0.3) is 6.08 Å². The fraction of sp³-hybridized carbons (Fsp3) is 0.316. The summed E-state index contributed by atoms with van der Waals surface area (Å²) in [6.45, 7) is 5.25. The molecule has 0 aliphatic heterocycles. The summed E-state index contributed by atoms with van der Waals surface area (Å²) in [5.41, 5.74) is -0.804. The zero-order valence-electron chi connectivity index (χ0n) is 14.4. The molecule has 0 amide bonds. The highest BCUT2D eigenvalue weighted by molar-refractivity contribution is 5.78. The maximum atomic E-state index is 14.0. The van der Waals surface area contributed by atoms with Crippen LogP contribution in [0, 0.1) is 51.9 Å². The molecule has 0 spiro atoms. The van der Waals surface area contributed by atoms with E-state index in [9.17, 15) is 26.7 Å². The number of rotatable bonds is 5. The number of nitrogens with zero attached hydrogens (tertiary/aromatic N) is 1. The lowest BCUT2D eigenvalue weighted by Gasteiger charge is -2.11. The molecule has 1 aromatic carbocycles. The minimum absolute atomic E-state index is 0.639. The molecule has 1 aliphatic carbocycles. The molecule has 2 rings (SSSR count). The van der Waals surface area contributed by atoms with Crippen molar-refractivity contribution in [1.29, 1.82) is 5.26 Å². The van der Waals surface area contributed by atoms with E-state index in [4.69, 9.17) is 10.00 Å². The Hall–Kier alpha value is -2.91. The van der Waals surface area contributed by atoms with E-state index in [0.29, 0.717) is 6.08 Å². The third-order valence-corrected chi connectivity index (χ3v) is 4.59. The van der Waals surface area contributed by atoms with Gasteiger partial charge in [-0.25, -0.2) is 17.6 Å². The molecule has 0 unspecified atom stereocenters. The van der Waals surface area contributed by atoms with Crippen LogP contribution in [0.3, 0.4) is 0 Å². The molecule has 142 valence electrons. The number of halogens is 5. The molecule has 0 aromatic heterocycles. The number of carbonyl (C=O) groups excluding carboxylic acids is 1. The number of esters is 1. The van der Waals surface area contributed by atoms with Crippen molar-refractivity contribution in [3.8, 4) is 6.07 Å². The Morgan fingerprint density at radius 3 is 2.26 bits per heavy atom. The Balaban J connectivity index is 2.22. The number of hydrogen-bond acceptors (Lipinski definition) is 3. The van der Waals surface area contributed by atoms with Gasteiger partial charge >= 0.3 is 5.97 Å². The average molecular weight is 383 g/mol. The first-order valence-electron chi connectivity index (χ1n) is 7.72. The Morgan fingerprint density at radius 2 is 1.78 bits per heavy atom. The van der Waals surface area contributed by atoms with Gasteiger partial charge in [-0.05, 0) is 17.6 Å². The van der Waals surface area contributed by atoms with Gasteiger partial charge in [0.1, 0.15) is 12.7 Å². The van der Waals surface area contributed by atoms with E-state index < -0.39 is 70.0 Å². The molecule has 0 radical (unpaired) electrons. The van der Waals surface area contributed by atoms with Crippen molar-refractivity contribution in [3.63, 3.8) is 0 Å². The van der Waals surface area contributed by atoms with Crippen molar-refractivity contribution in [3.05, 3.63) is 58.6 Å². The minimum atomic E-state index is -1.70. The number of carbonyl (C=O) groups is 1. The monoisotopic (exact) mass is 383 g/mol. The first-order valence-corrected chi connectivity index (χ1v) is 7.72. The molecule has 1 saturated carbocycles. The molecule has 1 aliphatic rings. The van der Waals surface area contributed by atoms with Gasteiger partial charge in [-0.1, -0.05) is 20.4 Å². The summed E-state index contributed by atoms with van der Waals surface area (Å²) >= 11 is 0. The molecule has 27 heavy (non-hydrogen) atoms. The molecule has 0 saturated heterocycles. The third-order valence-electron chi connectivity index (χ3n) is 4.59. The maximum Gasteiger partial charge on any atom is 0.310 e. The molecule has 2 atom stereocenters. The fourth-order valence-corrected chi connectivity index (χ4v) is 2.92. The first kappa shape index (κ1) is 20.4. The van der Waals surface area contributed by atoms with Gasteiger partial charge in [-0.2, -0.15) is 9.65 Å². The predicted molar refractivity (Wildman–Crippen MR) is 85.2 cm³/mol. The highest BCUT2D eigenvalue weighted by Crippen LogP contribution is 2.60. The second kappa shape index (κ2) is 7.37. The number of hydrogen-bond donors (Lipinski definition) is 0. The summed E-state index contributed by atoms with van der Waals surface area (Å²) < 4.78 is 73.6. The lowest BCUT2D eigenvalue weighted by atomic mass is 10.1. The van der Waals surface area contributed by atoms with E-state index in [2.05, 4.69) is 6.58 Å². The van der Waals surface area contributed by atoms with E-state index in [-0.39, 0.29) is 0 Å². The van der Waals surface area contributed by atoms with Crippen LogP contribution >= 0.6 is 0 Å². The van der Waals surface area contributed by atoms with Crippen LogP contribution in [0.1, 0.15) is 25.0 Å². The second-order valence-electron chi connectivity index (χ2n) is 6.56. The molecule has 0 N–H and O–H groups in total. The molecule has 3 nitrogen and oxygen atoms in total. The summed E-state index contributed by atoms with van der Waals surface area (Å²) in [6, 6.07) is 1.28. The Labute approximate surface area is 152 Å². The summed E-state index contributed by atoms with van der Waals surface area (Å²) in [5, 5.41) is 8.46. The molecule has 0 bridgehead atoms. The number of ether oxygens (including phenoxy) is 1. The third kappa shape index (κ3) is 3.64. The molecule has 1 fully saturated rings. The van der Waals surface area contributed by atoms with E-state index in [1.165, 1.54) is 6.07 Å². The maximum absolute atomic E-state index is 14.0. The van der Waals surface area contributed by atoms with Gasteiger partial charge in [0.25, 0.3) is 0 Å². The summed E-state index contributed by atoms with van der Waals surface area (Å²) in [5.74, 6) is -10.2. The van der Waals surface area contributed by atoms with Gasteiger partial charge in [0.05, 0.1) is 17.0 Å². The average Bonchev–Trinajstić information content (AvgIpc) is 3.16. The highest BCUT2D eigenvalue weighted by Gasteiger charge is 2.61. The topological polar surface area (TPSA) is 50.1 Å². The normalized spacial score (nSPS) is 20.4. The van der Waals surface area contributed by atoms with Crippen LogP contribution in [0.4, 0.5) is 22.0 Å². The summed E-state index contributed by atoms with van der Waals surface area (Å²) in [6.07, 6.45) is 1.60. The van der Waals surface area contributed by atoms with Gasteiger partial charge in [-0.15, -0.1) is 5.73 Å². The van der Waals surface area contributed by atoms with Crippen molar-refractivity contribution >= 4 is 12.0 Å². The number of nitriles is 1. The summed E-state index contributed by atoms with van der Waals surface area (Å²) in [4.78, 5) is 12.1. The van der Waals surface area contributed by atoms with E-state index >= 15 is 0 Å². The van der Waals surface area contributed by atoms with Crippen molar-refractivity contribution in [1.82, 2.24) is 0 Å². The zero-order chi connectivity index (χ0) is 20.5. The molecule has 1 aromatic rings. The van der Waals surface area contributed by atoms with Crippen LogP contribution in [-0.2, 0) is 16.1 Å². The smallest absolute Gasteiger partial charge is 0.310 e. The number of allylic oxidation sites excluding steroid dienone is 2. The van der Waals surface area contributed by atoms with Crippen LogP contribution < -0.4 is 0 Å². The first-order chi connectivity index (χ1) is 12.6. The lowest BCUT2D eigenvalue weighted by Crippen LogP contribution is -2.14. The van der Waals surface area contributed by atoms with Crippen molar-refractivity contribution in [2.45, 2.75) is 20.5 Å². The minimum Gasteiger partial charge on any atom is -0.460 e. The SMILES string of the molecule is C=C=Cc1c(F)c(F)c(COC(=O)[C@@H]2[C@H](/C=C(/F)C#N)C2(C)C)c(F)c1F. The Kier molecular flexibility index (Phi) is 5.57. The van der Waals surface area contributed by atoms with E-state index in [1.54, 1.807) is 13.8 Å². The molecule has 8 heteroatoms. The van der Waals surface area contributed by atoms with Crippen LogP contribution in [0.2, 0.25) is 0 Å². The van der Waals surface area contributed by atoms with Crippen LogP contribution in [0.5, 0.6) is 0 Å². The van der Waals surface area contributed by atoms with Gasteiger partial charge in [0.15, 0.2) is 29.1 Å². The number of benzene rings is 1. The standard InChI is InChI=1S/C19H14F5NO2/c1-4-5-10-14(21)16(23)11(17(24)15(10)22)8-27-18(26)13-12(19(13,2)3)6-9(20)7-25/h5-6,12-13H,1,8H2,2-3H3/b9-6+/t12-,13-/m0/s1. The van der Waals surface area contributed by atoms with Gasteiger partial charge < -0.3 is 4.74 Å². The molecular formula is C19H14F5NO2. The fourth-order valence-electron chi connectivity index (χ4n) is 2.92. The van der Waals surface area contributed by atoms with Gasteiger partial charge in [0.2, 0.25) is 0 Å². The highest BCUT2D eigenvalue weighted by atomic mass is 19.2. The zero-order valence-corrected chi connectivity index (χ0v) is 14.4. The molecule has 0 heterocycles. The van der Waals surface area contributed by atoms with E-state index in [1.807, 2.05) is 5.73 Å². The van der Waals surface area contributed by atoms with Gasteiger partial charge in [0, 0.05) is 5.92 Å². The van der Waals surface area contributed by atoms with Crippen LogP contribution in [-0.4, -0.2) is 5.97 Å². The molecular weight excluding hydrogens is 369 g/mol. The largest absolute Gasteiger partial charge is 0.460 e. The Bertz CT molecular complexity index is 894. The van der Waals surface area contributed by atoms with Crippen molar-refractivity contribution < 1.29 is 31.5 Å². The van der Waals surface area contributed by atoms with Crippen molar-refractivity contribution in [2.24, 2.45) is 17.3 Å². The van der Waals surface area contributed by atoms with Crippen molar-refractivity contribution in [2.75, 3.05) is 0 Å². The lowest BCUT2D eigenvalue weighted by molar-refractivity contribution is -0.147. The van der Waals surface area contributed by atoms with E-state index in [0.717, 1.165) is 6.08 Å². The van der Waals surface area contributed by atoms with Gasteiger partial charge in [-0.3, -0.25) is 4.79 Å². The van der Waals surface area contributed by atoms with Crippen LogP contribution in [0.15, 0.2) is 24.2 Å². The summed E-state index contributed by atoms with van der Waals surface area (Å²) in [7, 11) is 0. The second-order valence-corrected chi connectivity index (χ2v) is 6.56. The quantitative estimate of drug-likeness (QED) is 0.243.